The number of ether oxygens (including phenoxy) is 2. The molecule has 6 heteroatoms. The van der Waals surface area contributed by atoms with Gasteiger partial charge < -0.3 is 9.47 Å². The molecule has 1 aromatic heterocycles. The van der Waals surface area contributed by atoms with Gasteiger partial charge in [0.1, 0.15) is 23.6 Å². The number of hydrogen-bond acceptors (Lipinski definition) is 5. The lowest BCUT2D eigenvalue weighted by Gasteiger charge is -2.13. The summed E-state index contributed by atoms with van der Waals surface area (Å²) in [6.07, 6.45) is 1.66. The minimum atomic E-state index is -0.453. The molecule has 4 rings (SSSR count). The molecule has 4 aromatic rings. The zero-order chi connectivity index (χ0) is 19.3. The van der Waals surface area contributed by atoms with Crippen molar-refractivity contribution < 1.29 is 14.3 Å². The third kappa shape index (κ3) is 3.48. The summed E-state index contributed by atoms with van der Waals surface area (Å²) in [4.78, 5) is 12.5. The van der Waals surface area contributed by atoms with Gasteiger partial charge in [-0.25, -0.2) is 9.48 Å². The van der Waals surface area contributed by atoms with E-state index in [1.807, 2.05) is 30.3 Å². The van der Waals surface area contributed by atoms with Gasteiger partial charge in [-0.15, -0.1) is 5.10 Å². The predicted octanol–water partition coefficient (Wildman–Crippen LogP) is 4.20. The van der Waals surface area contributed by atoms with Gasteiger partial charge in [-0.3, -0.25) is 0 Å². The standard InChI is InChI=1S/C22H17N3O3/c1-2-14-27-17-12-13-21(28-22(26)16-8-4-3-5-9-16)20(15-17)25-19-11-7-6-10-18(19)23-24-25/h2-13,15H,1,14H2. The third-order valence-corrected chi connectivity index (χ3v) is 4.09. The van der Waals surface area contributed by atoms with Crippen molar-refractivity contribution in [3.8, 4) is 17.2 Å². The van der Waals surface area contributed by atoms with Gasteiger partial charge in [-0.2, -0.15) is 0 Å². The number of fused-ring (bicyclic) bond motifs is 1. The van der Waals surface area contributed by atoms with E-state index in [0.717, 1.165) is 11.0 Å². The van der Waals surface area contributed by atoms with Crippen LogP contribution in [0, 0.1) is 0 Å². The maximum absolute atomic E-state index is 12.5. The van der Waals surface area contributed by atoms with Gasteiger partial charge in [0, 0.05) is 6.07 Å². The number of carbonyl (C=O) groups is 1. The van der Waals surface area contributed by atoms with E-state index in [9.17, 15) is 4.79 Å². The molecule has 3 aromatic carbocycles. The molecule has 0 fully saturated rings. The van der Waals surface area contributed by atoms with E-state index in [4.69, 9.17) is 9.47 Å². The molecule has 0 bridgehead atoms. The van der Waals surface area contributed by atoms with E-state index in [0.29, 0.717) is 29.4 Å². The molecule has 138 valence electrons. The van der Waals surface area contributed by atoms with Gasteiger partial charge in [-0.05, 0) is 36.4 Å². The van der Waals surface area contributed by atoms with E-state index in [2.05, 4.69) is 16.9 Å². The molecule has 6 nitrogen and oxygen atoms in total. The third-order valence-electron chi connectivity index (χ3n) is 4.09. The smallest absolute Gasteiger partial charge is 0.343 e. The second kappa shape index (κ2) is 7.75. The first kappa shape index (κ1) is 17.5. The highest BCUT2D eigenvalue weighted by Gasteiger charge is 2.16. The maximum Gasteiger partial charge on any atom is 0.343 e. The summed E-state index contributed by atoms with van der Waals surface area (Å²) in [6, 6.07) is 21.6. The van der Waals surface area contributed by atoms with Crippen molar-refractivity contribution in [3.63, 3.8) is 0 Å². The molecule has 0 saturated heterocycles. The van der Waals surface area contributed by atoms with E-state index >= 15 is 0 Å². The first-order valence-corrected chi connectivity index (χ1v) is 8.72. The molecule has 0 saturated carbocycles. The Labute approximate surface area is 161 Å². The largest absolute Gasteiger partial charge is 0.489 e. The Morgan fingerprint density at radius 1 is 1.04 bits per heavy atom. The Bertz CT molecular complexity index is 1140. The number of para-hydroxylation sites is 1. The summed E-state index contributed by atoms with van der Waals surface area (Å²) in [5.74, 6) is 0.510. The van der Waals surface area contributed by atoms with Crippen LogP contribution in [0.3, 0.4) is 0 Å². The van der Waals surface area contributed by atoms with Crippen molar-refractivity contribution in [3.05, 3.63) is 91.0 Å². The predicted molar refractivity (Wildman–Crippen MR) is 106 cm³/mol. The average molecular weight is 371 g/mol. The van der Waals surface area contributed by atoms with E-state index in [-0.39, 0.29) is 0 Å². The Morgan fingerprint density at radius 2 is 1.82 bits per heavy atom. The Kier molecular flexibility index (Phi) is 4.84. The lowest BCUT2D eigenvalue weighted by molar-refractivity contribution is 0.0734. The molecule has 0 aliphatic rings. The van der Waals surface area contributed by atoms with Gasteiger partial charge in [-0.1, -0.05) is 48.2 Å². The first-order valence-electron chi connectivity index (χ1n) is 8.72. The average Bonchev–Trinajstić information content (AvgIpc) is 3.17. The van der Waals surface area contributed by atoms with Gasteiger partial charge in [0.2, 0.25) is 0 Å². The molecule has 0 atom stereocenters. The van der Waals surface area contributed by atoms with Crippen LogP contribution in [0.2, 0.25) is 0 Å². The van der Waals surface area contributed by atoms with Crippen LogP contribution in [-0.2, 0) is 0 Å². The van der Waals surface area contributed by atoms with Crippen molar-refractivity contribution >= 4 is 17.0 Å². The Morgan fingerprint density at radius 3 is 2.64 bits per heavy atom. The summed E-state index contributed by atoms with van der Waals surface area (Å²) in [5.41, 5.74) is 2.55. The zero-order valence-corrected chi connectivity index (χ0v) is 15.0. The van der Waals surface area contributed by atoms with Crippen LogP contribution in [0.4, 0.5) is 0 Å². The van der Waals surface area contributed by atoms with Crippen molar-refractivity contribution in [2.75, 3.05) is 6.61 Å². The highest BCUT2D eigenvalue weighted by Crippen LogP contribution is 2.30. The molecule has 0 radical (unpaired) electrons. The summed E-state index contributed by atoms with van der Waals surface area (Å²) >= 11 is 0. The SMILES string of the molecule is C=CCOc1ccc(OC(=O)c2ccccc2)c(-n2nnc3ccccc32)c1. The summed E-state index contributed by atoms with van der Waals surface area (Å²) in [6.45, 7) is 4.02. The molecular formula is C22H17N3O3. The van der Waals surface area contributed by atoms with Crippen LogP contribution in [0.15, 0.2) is 85.5 Å². The minimum Gasteiger partial charge on any atom is -0.489 e. The monoisotopic (exact) mass is 371 g/mol. The molecule has 0 amide bonds. The van der Waals surface area contributed by atoms with Crippen LogP contribution < -0.4 is 9.47 Å². The number of hydrogen-bond donors (Lipinski definition) is 0. The lowest BCUT2D eigenvalue weighted by Crippen LogP contribution is -2.11. The van der Waals surface area contributed by atoms with Crippen LogP contribution in [0.1, 0.15) is 10.4 Å². The van der Waals surface area contributed by atoms with E-state index < -0.39 is 5.97 Å². The Hall–Kier alpha value is -3.93. The zero-order valence-electron chi connectivity index (χ0n) is 15.0. The number of rotatable bonds is 6. The number of carbonyl (C=O) groups excluding carboxylic acids is 1. The highest BCUT2D eigenvalue weighted by atomic mass is 16.5. The molecular weight excluding hydrogens is 354 g/mol. The summed E-state index contributed by atoms with van der Waals surface area (Å²) in [5, 5.41) is 8.41. The molecule has 1 heterocycles. The maximum atomic E-state index is 12.5. The number of nitrogens with zero attached hydrogens (tertiary/aromatic N) is 3. The summed E-state index contributed by atoms with van der Waals surface area (Å²) in [7, 11) is 0. The number of aromatic nitrogens is 3. The number of benzene rings is 3. The van der Waals surface area contributed by atoms with Crippen LogP contribution >= 0.6 is 0 Å². The molecule has 28 heavy (non-hydrogen) atoms. The number of esters is 1. The van der Waals surface area contributed by atoms with Gasteiger partial charge >= 0.3 is 5.97 Å². The lowest BCUT2D eigenvalue weighted by atomic mass is 10.2. The van der Waals surface area contributed by atoms with Gasteiger partial charge in [0.25, 0.3) is 0 Å². The van der Waals surface area contributed by atoms with E-state index in [1.165, 1.54) is 0 Å². The molecule has 0 N–H and O–H groups in total. The fraction of sp³-hybridized carbons (Fsp3) is 0.0455. The molecule has 0 spiro atoms. The normalized spacial score (nSPS) is 10.6. The van der Waals surface area contributed by atoms with Crippen molar-refractivity contribution in [2.24, 2.45) is 0 Å². The second-order valence-electron chi connectivity index (χ2n) is 5.97. The molecule has 0 unspecified atom stereocenters. The fourth-order valence-electron chi connectivity index (χ4n) is 2.77. The van der Waals surface area contributed by atoms with Crippen LogP contribution in [0.5, 0.6) is 11.5 Å². The van der Waals surface area contributed by atoms with Crippen LogP contribution in [0.25, 0.3) is 16.7 Å². The van der Waals surface area contributed by atoms with Crippen LogP contribution in [-0.4, -0.2) is 27.6 Å². The van der Waals surface area contributed by atoms with Crippen molar-refractivity contribution in [1.29, 1.82) is 0 Å². The van der Waals surface area contributed by atoms with Gasteiger partial charge in [0.05, 0.1) is 11.1 Å². The topological polar surface area (TPSA) is 66.2 Å². The molecule has 0 aliphatic carbocycles. The van der Waals surface area contributed by atoms with E-state index in [1.54, 1.807) is 53.2 Å². The summed E-state index contributed by atoms with van der Waals surface area (Å²) < 4.78 is 12.9. The first-order chi connectivity index (χ1) is 13.8. The second-order valence-corrected chi connectivity index (χ2v) is 5.97. The van der Waals surface area contributed by atoms with Gasteiger partial charge in [0.15, 0.2) is 5.75 Å². The Balaban J connectivity index is 1.77. The minimum absolute atomic E-state index is 0.357. The highest BCUT2D eigenvalue weighted by molar-refractivity contribution is 5.91. The molecule has 0 aliphatic heterocycles. The van der Waals surface area contributed by atoms with Crippen molar-refractivity contribution in [1.82, 2.24) is 15.0 Å². The quantitative estimate of drug-likeness (QED) is 0.289. The van der Waals surface area contributed by atoms with Crippen molar-refractivity contribution in [2.45, 2.75) is 0 Å². The fourth-order valence-corrected chi connectivity index (χ4v) is 2.77.